The second-order valence-electron chi connectivity index (χ2n) is 3.28. The highest BCUT2D eigenvalue weighted by molar-refractivity contribution is 5.82. The first-order chi connectivity index (χ1) is 3.95. The first-order valence-electron chi connectivity index (χ1n) is 2.94. The Kier molecular flexibility index (Phi) is 5.89. The van der Waals surface area contributed by atoms with E-state index >= 15 is 0 Å². The Morgan fingerprint density at radius 1 is 1.40 bits per heavy atom. The van der Waals surface area contributed by atoms with Crippen molar-refractivity contribution in [2.45, 2.75) is 6.92 Å². The molecule has 0 aliphatic heterocycles. The van der Waals surface area contributed by atoms with E-state index in [-0.39, 0.29) is 17.0 Å². The molecule has 0 radical (unpaired) electrons. The summed E-state index contributed by atoms with van der Waals surface area (Å²) in [6.07, 6.45) is 0. The maximum atomic E-state index is 8.28. The van der Waals surface area contributed by atoms with Gasteiger partial charge < -0.3 is 26.7 Å². The van der Waals surface area contributed by atoms with E-state index in [1.54, 1.807) is 0 Å². The minimum atomic E-state index is 0. The Balaban J connectivity index is 0. The Morgan fingerprint density at radius 2 is 1.80 bits per heavy atom. The largest absolute Gasteiger partial charge is 1.00 e. The molecular weight excluding hydrogens is 196 g/mol. The summed E-state index contributed by atoms with van der Waals surface area (Å²) < 4.78 is 0.801. The average Bonchev–Trinajstić information content (AvgIpc) is 1.62. The fourth-order valence-corrected chi connectivity index (χ4v) is 0.718. The Hall–Kier alpha value is -0.0900. The number of quaternary nitrogens is 1. The number of hydrogen-bond donors (Lipinski definition) is 1. The summed E-state index contributed by atoms with van der Waals surface area (Å²) in [4.78, 5) is 0. The molecule has 62 valence electrons. The number of halogens is 1. The lowest BCUT2D eigenvalue weighted by molar-refractivity contribution is -0.861. The molecule has 0 atom stereocenters. The lowest BCUT2D eigenvalue weighted by atomic mass is 10.4. The molecule has 0 amide bonds. The summed E-state index contributed by atoms with van der Waals surface area (Å²) in [5, 5.41) is 11.4. The van der Waals surface area contributed by atoms with Crippen molar-refractivity contribution in [2.75, 3.05) is 27.7 Å². The van der Waals surface area contributed by atoms with Crippen LogP contribution >= 0.6 is 0 Å². The van der Waals surface area contributed by atoms with E-state index in [0.717, 1.165) is 16.7 Å². The number of rotatable bonds is 2. The molecule has 0 aromatic rings. The predicted octanol–water partition coefficient (Wildman–Crippen LogP) is -2.45. The monoisotopic (exact) mass is 210 g/mol. The van der Waals surface area contributed by atoms with Gasteiger partial charge in [0.2, 0.25) is 0 Å². The van der Waals surface area contributed by atoms with Crippen LogP contribution in [-0.4, -0.2) is 43.1 Å². The second-order valence-corrected chi connectivity index (χ2v) is 3.28. The van der Waals surface area contributed by atoms with E-state index < -0.39 is 0 Å². The van der Waals surface area contributed by atoms with Gasteiger partial charge in [-0.05, 0) is 6.92 Å². The zero-order valence-electron chi connectivity index (χ0n) is 6.93. The van der Waals surface area contributed by atoms with E-state index in [1.807, 2.05) is 6.92 Å². The zero-order valence-corrected chi connectivity index (χ0v) is 8.51. The average molecular weight is 211 g/mol. The molecule has 0 saturated carbocycles. The quantitative estimate of drug-likeness (QED) is 0.234. The summed E-state index contributed by atoms with van der Waals surface area (Å²) in [6.45, 7) is 2.60. The van der Waals surface area contributed by atoms with Gasteiger partial charge in [-0.1, -0.05) is 5.16 Å². The highest BCUT2D eigenvalue weighted by Gasteiger charge is 2.07. The summed E-state index contributed by atoms with van der Waals surface area (Å²) in [6, 6.07) is 0. The van der Waals surface area contributed by atoms with Gasteiger partial charge in [0.15, 0.2) is 0 Å². The molecular formula is C6H15BrN2O. The zero-order chi connectivity index (χ0) is 7.49. The molecule has 0 bridgehead atoms. The van der Waals surface area contributed by atoms with Crippen LogP contribution in [0, 0.1) is 0 Å². The maximum Gasteiger partial charge on any atom is 0.120 e. The topological polar surface area (TPSA) is 32.6 Å². The molecule has 0 unspecified atom stereocenters. The summed E-state index contributed by atoms with van der Waals surface area (Å²) in [5.74, 6) is 0. The van der Waals surface area contributed by atoms with Gasteiger partial charge in [0.05, 0.1) is 21.1 Å². The third kappa shape index (κ3) is 7.91. The van der Waals surface area contributed by atoms with Crippen LogP contribution in [0.4, 0.5) is 0 Å². The number of hydrogen-bond acceptors (Lipinski definition) is 2. The first-order valence-corrected chi connectivity index (χ1v) is 2.94. The standard InChI is InChI=1S/C6H14N2O.BrH/c1-6(7-9)5-8(2,3)4;/h5H2,1-4H3;1H. The molecule has 0 aliphatic carbocycles. The van der Waals surface area contributed by atoms with Crippen LogP contribution in [0.25, 0.3) is 0 Å². The van der Waals surface area contributed by atoms with Gasteiger partial charge in [-0.15, -0.1) is 0 Å². The molecule has 0 saturated heterocycles. The molecule has 0 rings (SSSR count). The van der Waals surface area contributed by atoms with Gasteiger partial charge >= 0.3 is 0 Å². The summed E-state index contributed by atoms with van der Waals surface area (Å²) in [7, 11) is 6.15. The van der Waals surface area contributed by atoms with Crippen molar-refractivity contribution in [1.82, 2.24) is 0 Å². The highest BCUT2D eigenvalue weighted by Crippen LogP contribution is 1.89. The molecule has 1 N–H and O–H groups in total. The molecule has 0 aliphatic rings. The van der Waals surface area contributed by atoms with Crippen LogP contribution in [0.2, 0.25) is 0 Å². The summed E-state index contributed by atoms with van der Waals surface area (Å²) >= 11 is 0. The predicted molar refractivity (Wildman–Crippen MR) is 37.8 cm³/mol. The molecule has 0 heterocycles. The molecule has 0 aromatic carbocycles. The van der Waals surface area contributed by atoms with Gasteiger partial charge in [0.25, 0.3) is 0 Å². The molecule has 0 spiro atoms. The van der Waals surface area contributed by atoms with Gasteiger partial charge in [-0.25, -0.2) is 0 Å². The van der Waals surface area contributed by atoms with Crippen LogP contribution in [0.15, 0.2) is 5.16 Å². The third-order valence-corrected chi connectivity index (χ3v) is 0.874. The Labute approximate surface area is 72.7 Å². The summed E-state index contributed by atoms with van der Waals surface area (Å²) in [5.41, 5.74) is 0.766. The third-order valence-electron chi connectivity index (χ3n) is 0.874. The van der Waals surface area contributed by atoms with E-state index in [1.165, 1.54) is 0 Å². The molecule has 4 heteroatoms. The number of nitrogens with zero attached hydrogens (tertiary/aromatic N) is 2. The molecule has 10 heavy (non-hydrogen) atoms. The second kappa shape index (κ2) is 4.68. The highest BCUT2D eigenvalue weighted by atomic mass is 79.9. The van der Waals surface area contributed by atoms with Crippen molar-refractivity contribution in [1.29, 1.82) is 0 Å². The SMILES string of the molecule is CC(C[N+](C)(C)C)=NO.[Br-]. The van der Waals surface area contributed by atoms with E-state index in [0.29, 0.717) is 0 Å². The van der Waals surface area contributed by atoms with Crippen molar-refractivity contribution in [2.24, 2.45) is 5.16 Å². The van der Waals surface area contributed by atoms with Crippen LogP contribution in [0.5, 0.6) is 0 Å². The van der Waals surface area contributed by atoms with Gasteiger partial charge in [0, 0.05) is 0 Å². The first kappa shape index (κ1) is 12.6. The van der Waals surface area contributed by atoms with Crippen molar-refractivity contribution in [3.8, 4) is 0 Å². The van der Waals surface area contributed by atoms with Crippen LogP contribution in [-0.2, 0) is 0 Å². The normalized spacial score (nSPS) is 12.6. The minimum Gasteiger partial charge on any atom is -1.00 e. The number of oxime groups is 1. The van der Waals surface area contributed by atoms with Gasteiger partial charge in [-0.3, -0.25) is 0 Å². The van der Waals surface area contributed by atoms with E-state index in [9.17, 15) is 0 Å². The Bertz CT molecular complexity index is 117. The molecule has 0 fully saturated rings. The Morgan fingerprint density at radius 3 is 1.90 bits per heavy atom. The van der Waals surface area contributed by atoms with Crippen LogP contribution < -0.4 is 17.0 Å². The van der Waals surface area contributed by atoms with Crippen molar-refractivity contribution in [3.05, 3.63) is 0 Å². The van der Waals surface area contributed by atoms with Crippen molar-refractivity contribution in [3.63, 3.8) is 0 Å². The lowest BCUT2D eigenvalue weighted by Gasteiger charge is -2.22. The van der Waals surface area contributed by atoms with Gasteiger partial charge in [-0.2, -0.15) is 0 Å². The van der Waals surface area contributed by atoms with E-state index in [4.69, 9.17) is 5.21 Å². The fourth-order valence-electron chi connectivity index (χ4n) is 0.718. The van der Waals surface area contributed by atoms with Crippen LogP contribution in [0.1, 0.15) is 6.92 Å². The maximum absolute atomic E-state index is 8.28. The lowest BCUT2D eigenvalue weighted by Crippen LogP contribution is -3.00. The van der Waals surface area contributed by atoms with Gasteiger partial charge in [0.1, 0.15) is 12.3 Å². The van der Waals surface area contributed by atoms with Crippen molar-refractivity contribution >= 4 is 5.71 Å². The minimum absolute atomic E-state index is 0. The molecule has 0 aromatic heterocycles. The van der Waals surface area contributed by atoms with Crippen molar-refractivity contribution < 1.29 is 26.7 Å². The van der Waals surface area contributed by atoms with E-state index in [2.05, 4.69) is 26.3 Å². The smallest absolute Gasteiger partial charge is 0.120 e. The fraction of sp³-hybridized carbons (Fsp3) is 0.833. The molecule has 3 nitrogen and oxygen atoms in total. The van der Waals surface area contributed by atoms with Crippen LogP contribution in [0.3, 0.4) is 0 Å².